The van der Waals surface area contributed by atoms with Crippen molar-refractivity contribution in [2.24, 2.45) is 0 Å². The molecule has 2 aromatic rings. The van der Waals surface area contributed by atoms with Crippen molar-refractivity contribution >= 4 is 26.4 Å². The highest BCUT2D eigenvalue weighted by molar-refractivity contribution is 7.22. The van der Waals surface area contributed by atoms with Crippen LogP contribution < -0.4 is 5.73 Å². The summed E-state index contributed by atoms with van der Waals surface area (Å²) >= 11 is 1.50. The zero-order valence-corrected chi connectivity index (χ0v) is 8.12. The van der Waals surface area contributed by atoms with Crippen LogP contribution in [-0.4, -0.2) is 0 Å². The second-order valence-corrected chi connectivity index (χ2v) is 4.10. The Labute approximate surface area is 80.0 Å². The van der Waals surface area contributed by atoms with Gasteiger partial charge in [0, 0.05) is 4.70 Å². The van der Waals surface area contributed by atoms with Crippen LogP contribution in [0.3, 0.4) is 0 Å². The highest BCUT2D eigenvalue weighted by atomic mass is 32.1. The minimum absolute atomic E-state index is 0.132. The fourth-order valence-electron chi connectivity index (χ4n) is 1.39. The first kappa shape index (κ1) is 8.51. The van der Waals surface area contributed by atoms with Gasteiger partial charge >= 0.3 is 0 Å². The van der Waals surface area contributed by atoms with Crippen LogP contribution in [0.5, 0.6) is 0 Å². The maximum atomic E-state index is 13.3. The quantitative estimate of drug-likeness (QED) is 0.743. The fraction of sp³-hybridized carbons (Fsp3) is 0.200. The summed E-state index contributed by atoms with van der Waals surface area (Å²) in [4.78, 5) is 0. The molecule has 1 heterocycles. The van der Waals surface area contributed by atoms with Crippen molar-refractivity contribution in [1.82, 2.24) is 0 Å². The van der Waals surface area contributed by atoms with Crippen LogP contribution >= 0.6 is 11.3 Å². The second-order valence-electron chi connectivity index (χ2n) is 2.98. The first-order valence-corrected chi connectivity index (χ1v) is 5.00. The molecule has 0 bridgehead atoms. The number of rotatable bonds is 1. The van der Waals surface area contributed by atoms with Gasteiger partial charge in [-0.1, -0.05) is 6.92 Å². The third kappa shape index (κ3) is 1.40. The monoisotopic (exact) mass is 195 g/mol. The van der Waals surface area contributed by atoms with E-state index in [1.54, 1.807) is 6.07 Å². The molecule has 68 valence electrons. The molecule has 0 radical (unpaired) electrons. The lowest BCUT2D eigenvalue weighted by Gasteiger charge is -1.98. The molecule has 0 atom stereocenters. The molecule has 0 aliphatic carbocycles. The van der Waals surface area contributed by atoms with Gasteiger partial charge in [-0.2, -0.15) is 0 Å². The molecular formula is C10H10FNS. The van der Waals surface area contributed by atoms with Gasteiger partial charge in [0.25, 0.3) is 0 Å². The Kier molecular flexibility index (Phi) is 1.96. The number of nitrogen functional groups attached to an aromatic ring is 1. The summed E-state index contributed by atoms with van der Waals surface area (Å²) in [5.74, 6) is -0.132. The minimum Gasteiger partial charge on any atom is -0.391 e. The fourth-order valence-corrected chi connectivity index (χ4v) is 2.27. The number of aryl methyl sites for hydroxylation is 1. The third-order valence-electron chi connectivity index (χ3n) is 2.09. The molecule has 3 heteroatoms. The molecule has 0 aliphatic heterocycles. The number of anilines is 1. The third-order valence-corrected chi connectivity index (χ3v) is 3.01. The number of nitrogens with two attached hydrogens (primary N) is 1. The zero-order valence-electron chi connectivity index (χ0n) is 7.30. The molecule has 1 aromatic carbocycles. The number of benzene rings is 1. The van der Waals surface area contributed by atoms with Gasteiger partial charge in [-0.25, -0.2) is 4.39 Å². The van der Waals surface area contributed by atoms with Gasteiger partial charge in [0.2, 0.25) is 0 Å². The topological polar surface area (TPSA) is 26.0 Å². The van der Waals surface area contributed by atoms with Crippen molar-refractivity contribution in [2.45, 2.75) is 13.3 Å². The number of hydrogen-bond donors (Lipinski definition) is 1. The van der Waals surface area contributed by atoms with Crippen molar-refractivity contribution in [3.8, 4) is 0 Å². The molecule has 0 saturated heterocycles. The summed E-state index contributed by atoms with van der Waals surface area (Å²) in [5, 5.41) is 1.64. The molecule has 0 aliphatic rings. The van der Waals surface area contributed by atoms with E-state index >= 15 is 0 Å². The van der Waals surface area contributed by atoms with Crippen LogP contribution in [0.25, 0.3) is 10.1 Å². The van der Waals surface area contributed by atoms with Crippen molar-refractivity contribution in [3.05, 3.63) is 29.6 Å². The van der Waals surface area contributed by atoms with Gasteiger partial charge < -0.3 is 5.73 Å². The van der Waals surface area contributed by atoms with Crippen molar-refractivity contribution in [3.63, 3.8) is 0 Å². The Balaban J connectivity index is 2.72. The highest BCUT2D eigenvalue weighted by Gasteiger charge is 2.05. The lowest BCUT2D eigenvalue weighted by Crippen LogP contribution is -1.85. The Morgan fingerprint density at radius 1 is 1.38 bits per heavy atom. The van der Waals surface area contributed by atoms with E-state index < -0.39 is 0 Å². The molecule has 0 unspecified atom stereocenters. The van der Waals surface area contributed by atoms with Gasteiger partial charge in [0.15, 0.2) is 0 Å². The average molecular weight is 195 g/mol. The van der Waals surface area contributed by atoms with Gasteiger partial charge in [-0.05, 0) is 35.6 Å². The zero-order chi connectivity index (χ0) is 9.42. The molecule has 1 aromatic heterocycles. The SMILES string of the molecule is CCc1cc2sc(N)cc2cc1F. The summed E-state index contributed by atoms with van der Waals surface area (Å²) < 4.78 is 14.4. The summed E-state index contributed by atoms with van der Waals surface area (Å²) in [6, 6.07) is 5.25. The van der Waals surface area contributed by atoms with E-state index in [4.69, 9.17) is 5.73 Å². The molecule has 0 amide bonds. The predicted octanol–water partition coefficient (Wildman–Crippen LogP) is 3.19. The van der Waals surface area contributed by atoms with E-state index in [1.807, 2.05) is 19.1 Å². The Morgan fingerprint density at radius 2 is 2.15 bits per heavy atom. The van der Waals surface area contributed by atoms with E-state index in [2.05, 4.69) is 0 Å². The normalized spacial score (nSPS) is 10.9. The summed E-state index contributed by atoms with van der Waals surface area (Å²) in [5.41, 5.74) is 6.39. The predicted molar refractivity (Wildman–Crippen MR) is 55.6 cm³/mol. The Morgan fingerprint density at radius 3 is 2.85 bits per heavy atom. The molecule has 2 N–H and O–H groups in total. The van der Waals surface area contributed by atoms with E-state index in [9.17, 15) is 4.39 Å². The first-order valence-electron chi connectivity index (χ1n) is 4.18. The number of hydrogen-bond acceptors (Lipinski definition) is 2. The van der Waals surface area contributed by atoms with Crippen LogP contribution in [0.2, 0.25) is 0 Å². The molecule has 0 saturated carbocycles. The lowest BCUT2D eigenvalue weighted by atomic mass is 10.1. The molecular weight excluding hydrogens is 185 g/mol. The maximum Gasteiger partial charge on any atom is 0.127 e. The smallest absolute Gasteiger partial charge is 0.127 e. The minimum atomic E-state index is -0.132. The van der Waals surface area contributed by atoms with Gasteiger partial charge in [-0.3, -0.25) is 0 Å². The standard InChI is InChI=1S/C10H10FNS/c1-2-6-4-9-7(3-8(6)11)5-10(12)13-9/h3-5H,2,12H2,1H3. The van der Waals surface area contributed by atoms with Crippen LogP contribution in [0.1, 0.15) is 12.5 Å². The molecule has 1 nitrogen and oxygen atoms in total. The van der Waals surface area contributed by atoms with Crippen LogP contribution in [0.15, 0.2) is 18.2 Å². The van der Waals surface area contributed by atoms with E-state index in [1.165, 1.54) is 11.3 Å². The number of fused-ring (bicyclic) bond motifs is 1. The van der Waals surface area contributed by atoms with E-state index in [0.29, 0.717) is 0 Å². The van der Waals surface area contributed by atoms with Crippen LogP contribution in [-0.2, 0) is 6.42 Å². The van der Waals surface area contributed by atoms with Gasteiger partial charge in [0.05, 0.1) is 5.00 Å². The summed E-state index contributed by atoms with van der Waals surface area (Å²) in [6.07, 6.45) is 0.722. The lowest BCUT2D eigenvalue weighted by molar-refractivity contribution is 0.614. The van der Waals surface area contributed by atoms with E-state index in [-0.39, 0.29) is 5.82 Å². The van der Waals surface area contributed by atoms with E-state index in [0.717, 1.165) is 27.1 Å². The largest absolute Gasteiger partial charge is 0.391 e. The van der Waals surface area contributed by atoms with Crippen molar-refractivity contribution in [1.29, 1.82) is 0 Å². The number of thiophene rings is 1. The van der Waals surface area contributed by atoms with Crippen molar-refractivity contribution in [2.75, 3.05) is 5.73 Å². The average Bonchev–Trinajstić information content (AvgIpc) is 2.42. The maximum absolute atomic E-state index is 13.3. The highest BCUT2D eigenvalue weighted by Crippen LogP contribution is 2.29. The summed E-state index contributed by atoms with van der Waals surface area (Å²) in [6.45, 7) is 1.95. The Hall–Kier alpha value is -1.09. The molecule has 0 fully saturated rings. The summed E-state index contributed by atoms with van der Waals surface area (Å²) in [7, 11) is 0. The van der Waals surface area contributed by atoms with Crippen molar-refractivity contribution < 1.29 is 4.39 Å². The molecule has 13 heavy (non-hydrogen) atoms. The Bertz CT molecular complexity index is 447. The van der Waals surface area contributed by atoms with Crippen LogP contribution in [0.4, 0.5) is 9.39 Å². The second kappa shape index (κ2) is 3.00. The first-order chi connectivity index (χ1) is 6.20. The van der Waals surface area contributed by atoms with Crippen LogP contribution in [0, 0.1) is 5.82 Å². The molecule has 2 rings (SSSR count). The molecule has 0 spiro atoms. The van der Waals surface area contributed by atoms with Gasteiger partial charge in [0.1, 0.15) is 5.82 Å². The number of halogens is 1. The van der Waals surface area contributed by atoms with Gasteiger partial charge in [-0.15, -0.1) is 11.3 Å².